The van der Waals surface area contributed by atoms with Crippen LogP contribution in [0.25, 0.3) is 0 Å². The fraction of sp³-hybridized carbons (Fsp3) is 0.200. The van der Waals surface area contributed by atoms with E-state index in [1.807, 2.05) is 31.2 Å². The van der Waals surface area contributed by atoms with Gasteiger partial charge in [-0.05, 0) is 31.0 Å². The maximum absolute atomic E-state index is 6.69. The first-order chi connectivity index (χ1) is 5.33. The lowest BCUT2D eigenvalue weighted by molar-refractivity contribution is 1.36. The van der Waals surface area contributed by atoms with Crippen LogP contribution in [0.3, 0.4) is 0 Å². The minimum atomic E-state index is 0.476. The zero-order valence-electron chi connectivity index (χ0n) is 6.52. The molecule has 1 rings (SSSR count). The van der Waals surface area contributed by atoms with Crippen LogP contribution in [0, 0.1) is 19.3 Å². The van der Waals surface area contributed by atoms with Crippen molar-refractivity contribution in [1.82, 2.24) is 0 Å². The maximum Gasteiger partial charge on any atom is 0.0776 e. The minimum absolute atomic E-state index is 0.476. The molecular weight excluding hydrogens is 134 g/mol. The largest absolute Gasteiger partial charge is 0.374 e. The highest BCUT2D eigenvalue weighted by Gasteiger charge is 1.88. The average Bonchev–Trinajstić information content (AvgIpc) is 2.01. The van der Waals surface area contributed by atoms with Crippen LogP contribution in [0.15, 0.2) is 24.3 Å². The Labute approximate surface area is 67.4 Å². The van der Waals surface area contributed by atoms with Gasteiger partial charge in [-0.1, -0.05) is 18.1 Å². The molecule has 1 aromatic carbocycles. The Hall–Kier alpha value is -1.42. The molecule has 11 heavy (non-hydrogen) atoms. The molecule has 0 heterocycles. The summed E-state index contributed by atoms with van der Waals surface area (Å²) in [7, 11) is 0. The van der Waals surface area contributed by atoms with Gasteiger partial charge in [0.1, 0.15) is 0 Å². The molecule has 0 unspecified atom stereocenters. The maximum atomic E-state index is 6.69. The van der Waals surface area contributed by atoms with Crippen molar-refractivity contribution in [3.05, 3.63) is 36.3 Å². The Balaban J connectivity index is 2.65. The molecule has 0 spiro atoms. The molecule has 0 fully saturated rings. The predicted molar refractivity (Wildman–Crippen MR) is 46.8 cm³/mol. The van der Waals surface area contributed by atoms with Crippen molar-refractivity contribution in [2.24, 2.45) is 0 Å². The van der Waals surface area contributed by atoms with E-state index in [1.165, 1.54) is 5.56 Å². The van der Waals surface area contributed by atoms with Gasteiger partial charge in [-0.3, -0.25) is 0 Å². The van der Waals surface area contributed by atoms with Crippen molar-refractivity contribution in [2.75, 3.05) is 11.9 Å². The van der Waals surface area contributed by atoms with Crippen LogP contribution in [-0.2, 0) is 0 Å². The van der Waals surface area contributed by atoms with Gasteiger partial charge >= 0.3 is 0 Å². The summed E-state index contributed by atoms with van der Waals surface area (Å²) in [5, 5.41) is 3.04. The molecule has 1 aromatic rings. The van der Waals surface area contributed by atoms with Gasteiger partial charge in [0.2, 0.25) is 0 Å². The quantitative estimate of drug-likeness (QED) is 0.626. The molecule has 0 aliphatic heterocycles. The summed E-state index contributed by atoms with van der Waals surface area (Å²) in [6, 6.07) is 8.04. The first-order valence-corrected chi connectivity index (χ1v) is 3.53. The SMILES string of the molecule is [C]#CCNc1cccc(C)c1. The van der Waals surface area contributed by atoms with E-state index in [9.17, 15) is 0 Å². The van der Waals surface area contributed by atoms with Crippen LogP contribution in [0.5, 0.6) is 0 Å². The zero-order chi connectivity index (χ0) is 8.10. The van der Waals surface area contributed by atoms with Crippen LogP contribution in [0.1, 0.15) is 5.56 Å². The second-order valence-electron chi connectivity index (χ2n) is 2.40. The summed E-state index contributed by atoms with van der Waals surface area (Å²) >= 11 is 0. The molecule has 0 aliphatic rings. The monoisotopic (exact) mass is 144 g/mol. The summed E-state index contributed by atoms with van der Waals surface area (Å²) < 4.78 is 0. The number of rotatable bonds is 2. The van der Waals surface area contributed by atoms with Gasteiger partial charge in [-0.2, -0.15) is 0 Å². The van der Waals surface area contributed by atoms with Crippen molar-refractivity contribution < 1.29 is 0 Å². The molecule has 1 heteroatoms. The van der Waals surface area contributed by atoms with Gasteiger partial charge in [-0.15, -0.1) is 0 Å². The summed E-state index contributed by atoms with van der Waals surface area (Å²) in [4.78, 5) is 0. The third-order valence-electron chi connectivity index (χ3n) is 1.40. The lowest BCUT2D eigenvalue weighted by Crippen LogP contribution is -1.97. The number of benzene rings is 1. The number of hydrogen-bond acceptors (Lipinski definition) is 1. The van der Waals surface area contributed by atoms with E-state index in [0.717, 1.165) is 5.69 Å². The van der Waals surface area contributed by atoms with Crippen molar-refractivity contribution in [3.63, 3.8) is 0 Å². The lowest BCUT2D eigenvalue weighted by atomic mass is 10.2. The normalized spacial score (nSPS) is 8.73. The third kappa shape index (κ3) is 2.35. The third-order valence-corrected chi connectivity index (χ3v) is 1.40. The second kappa shape index (κ2) is 3.68. The van der Waals surface area contributed by atoms with E-state index < -0.39 is 0 Å². The van der Waals surface area contributed by atoms with Gasteiger partial charge in [-0.25, -0.2) is 0 Å². The van der Waals surface area contributed by atoms with Gasteiger partial charge in [0.15, 0.2) is 0 Å². The highest BCUT2D eigenvalue weighted by Crippen LogP contribution is 2.08. The van der Waals surface area contributed by atoms with Crippen molar-refractivity contribution in [1.29, 1.82) is 0 Å². The van der Waals surface area contributed by atoms with Gasteiger partial charge in [0.05, 0.1) is 6.54 Å². The molecule has 55 valence electrons. The Morgan fingerprint density at radius 2 is 2.36 bits per heavy atom. The Morgan fingerprint density at radius 1 is 1.55 bits per heavy atom. The van der Waals surface area contributed by atoms with Gasteiger partial charge in [0, 0.05) is 5.69 Å². The molecule has 1 radical (unpaired) electrons. The molecule has 0 amide bonds. The van der Waals surface area contributed by atoms with Crippen molar-refractivity contribution in [3.8, 4) is 5.92 Å². The molecule has 0 saturated heterocycles. The van der Waals surface area contributed by atoms with E-state index in [0.29, 0.717) is 6.54 Å². The Bertz CT molecular complexity index is 270. The number of aryl methyl sites for hydroxylation is 1. The van der Waals surface area contributed by atoms with Crippen LogP contribution < -0.4 is 5.32 Å². The summed E-state index contributed by atoms with van der Waals surface area (Å²) in [6.07, 6.45) is 6.69. The highest BCUT2D eigenvalue weighted by molar-refractivity contribution is 5.45. The van der Waals surface area contributed by atoms with E-state index >= 15 is 0 Å². The van der Waals surface area contributed by atoms with E-state index in [2.05, 4.69) is 11.2 Å². The minimum Gasteiger partial charge on any atom is -0.374 e. The van der Waals surface area contributed by atoms with Crippen molar-refractivity contribution >= 4 is 5.69 Å². The molecule has 0 bridgehead atoms. The topological polar surface area (TPSA) is 12.0 Å². The van der Waals surface area contributed by atoms with E-state index in [4.69, 9.17) is 6.42 Å². The molecule has 0 atom stereocenters. The highest BCUT2D eigenvalue weighted by atomic mass is 14.8. The second-order valence-corrected chi connectivity index (χ2v) is 2.40. The molecule has 1 N–H and O–H groups in total. The molecule has 1 nitrogen and oxygen atoms in total. The fourth-order valence-corrected chi connectivity index (χ4v) is 0.901. The zero-order valence-corrected chi connectivity index (χ0v) is 6.52. The number of hydrogen-bond donors (Lipinski definition) is 1. The summed E-state index contributed by atoms with van der Waals surface area (Å²) in [6.45, 7) is 2.52. The standard InChI is InChI=1S/C10H10N/c1-3-7-11-10-6-4-5-9(2)8-10/h4-6,8,11H,7H2,2H3. The molecular formula is C10H10N. The van der Waals surface area contributed by atoms with E-state index in [1.54, 1.807) is 0 Å². The van der Waals surface area contributed by atoms with E-state index in [-0.39, 0.29) is 0 Å². The predicted octanol–water partition coefficient (Wildman–Crippen LogP) is 2.00. The number of anilines is 1. The van der Waals surface area contributed by atoms with Crippen LogP contribution >= 0.6 is 0 Å². The molecule has 0 saturated carbocycles. The van der Waals surface area contributed by atoms with Crippen LogP contribution in [0.2, 0.25) is 0 Å². The summed E-state index contributed by atoms with van der Waals surface area (Å²) in [5.74, 6) is 2.27. The summed E-state index contributed by atoms with van der Waals surface area (Å²) in [5.41, 5.74) is 2.27. The van der Waals surface area contributed by atoms with Gasteiger partial charge in [0.25, 0.3) is 0 Å². The Kier molecular flexibility index (Phi) is 2.57. The lowest BCUT2D eigenvalue weighted by Gasteiger charge is -2.01. The van der Waals surface area contributed by atoms with Crippen LogP contribution in [-0.4, -0.2) is 6.54 Å². The molecule has 0 aromatic heterocycles. The average molecular weight is 144 g/mol. The Morgan fingerprint density at radius 3 is 3.00 bits per heavy atom. The fourth-order valence-electron chi connectivity index (χ4n) is 0.901. The first kappa shape index (κ1) is 7.68. The van der Waals surface area contributed by atoms with Crippen molar-refractivity contribution in [2.45, 2.75) is 6.92 Å². The smallest absolute Gasteiger partial charge is 0.0776 e. The van der Waals surface area contributed by atoms with Crippen LogP contribution in [0.4, 0.5) is 5.69 Å². The molecule has 0 aliphatic carbocycles. The number of nitrogens with one attached hydrogen (secondary N) is 1. The van der Waals surface area contributed by atoms with Gasteiger partial charge < -0.3 is 5.32 Å². The first-order valence-electron chi connectivity index (χ1n) is 3.53.